The molecule has 1 aromatic heterocycles. The highest BCUT2D eigenvalue weighted by Gasteiger charge is 2.20. The van der Waals surface area contributed by atoms with Crippen LogP contribution in [0.3, 0.4) is 0 Å². The predicted octanol–water partition coefficient (Wildman–Crippen LogP) is 3.89. The Hall–Kier alpha value is -1.04. The van der Waals surface area contributed by atoms with Gasteiger partial charge in [-0.15, -0.1) is 11.8 Å². The minimum absolute atomic E-state index is 0.141. The molecule has 2 atom stereocenters. The topological polar surface area (TPSA) is 59.2 Å². The zero-order valence-electron chi connectivity index (χ0n) is 11.4. The number of aromatic nitrogens is 2. The summed E-state index contributed by atoms with van der Waals surface area (Å²) in [4.78, 5) is 5.39. The van der Waals surface area contributed by atoms with Crippen LogP contribution in [0, 0.1) is 0 Å². The van der Waals surface area contributed by atoms with E-state index in [0.29, 0.717) is 28.9 Å². The van der Waals surface area contributed by atoms with Crippen molar-refractivity contribution in [2.75, 3.05) is 0 Å². The van der Waals surface area contributed by atoms with Crippen LogP contribution >= 0.6 is 23.4 Å². The van der Waals surface area contributed by atoms with Crippen molar-refractivity contribution in [1.82, 2.24) is 10.1 Å². The van der Waals surface area contributed by atoms with Gasteiger partial charge in [0.15, 0.2) is 5.82 Å². The summed E-state index contributed by atoms with van der Waals surface area (Å²) in [5.74, 6) is 1.58. The van der Waals surface area contributed by atoms with Crippen LogP contribution in [0.2, 0.25) is 5.02 Å². The van der Waals surface area contributed by atoms with E-state index in [1.54, 1.807) is 11.8 Å². The third-order valence-corrected chi connectivity index (χ3v) is 4.26. The molecule has 0 aliphatic carbocycles. The van der Waals surface area contributed by atoms with E-state index in [1.165, 1.54) is 0 Å². The van der Waals surface area contributed by atoms with Gasteiger partial charge in [0.2, 0.25) is 5.89 Å². The lowest BCUT2D eigenvalue weighted by molar-refractivity contribution is 0.129. The summed E-state index contributed by atoms with van der Waals surface area (Å²) in [7, 11) is 0. The van der Waals surface area contributed by atoms with Gasteiger partial charge < -0.3 is 9.63 Å². The Morgan fingerprint density at radius 3 is 2.95 bits per heavy atom. The number of benzene rings is 1. The van der Waals surface area contributed by atoms with E-state index in [9.17, 15) is 5.11 Å². The maximum Gasteiger partial charge on any atom is 0.232 e. The predicted molar refractivity (Wildman–Crippen MR) is 80.0 cm³/mol. The van der Waals surface area contributed by atoms with Crippen LogP contribution in [0.1, 0.15) is 37.9 Å². The number of halogens is 1. The molecule has 2 rings (SSSR count). The Morgan fingerprint density at radius 2 is 2.25 bits per heavy atom. The standard InChI is InChI=1S/C14H17ClN2O2S/c1-3-12(18)9(2)14-16-13(17-19-14)8-20-11-6-4-5-10(15)7-11/h4-7,9,12,18H,3,8H2,1-2H3. The second kappa shape index (κ2) is 7.11. The fourth-order valence-corrected chi connectivity index (χ4v) is 2.79. The molecule has 20 heavy (non-hydrogen) atoms. The van der Waals surface area contributed by atoms with Crippen molar-refractivity contribution in [2.45, 2.75) is 42.9 Å². The Bertz CT molecular complexity index is 562. The fraction of sp³-hybridized carbons (Fsp3) is 0.429. The smallest absolute Gasteiger partial charge is 0.232 e. The molecule has 0 saturated carbocycles. The number of aliphatic hydroxyl groups excluding tert-OH is 1. The molecule has 2 unspecified atom stereocenters. The van der Waals surface area contributed by atoms with Crippen LogP contribution in [-0.2, 0) is 5.75 Å². The minimum Gasteiger partial charge on any atom is -0.392 e. The SMILES string of the molecule is CCC(O)C(C)c1nc(CSc2cccc(Cl)c2)no1. The van der Waals surface area contributed by atoms with Crippen LogP contribution in [0.5, 0.6) is 0 Å². The molecular formula is C14H17ClN2O2S. The largest absolute Gasteiger partial charge is 0.392 e. The second-order valence-electron chi connectivity index (χ2n) is 4.56. The number of nitrogens with zero attached hydrogens (tertiary/aromatic N) is 2. The van der Waals surface area contributed by atoms with Gasteiger partial charge in [-0.05, 0) is 24.6 Å². The summed E-state index contributed by atoms with van der Waals surface area (Å²) in [5, 5.41) is 14.4. The average Bonchev–Trinajstić information content (AvgIpc) is 2.92. The Morgan fingerprint density at radius 1 is 1.45 bits per heavy atom. The monoisotopic (exact) mass is 312 g/mol. The van der Waals surface area contributed by atoms with E-state index < -0.39 is 6.10 Å². The van der Waals surface area contributed by atoms with Crippen LogP contribution in [0.25, 0.3) is 0 Å². The molecule has 0 fully saturated rings. The first-order valence-electron chi connectivity index (χ1n) is 6.49. The lowest BCUT2D eigenvalue weighted by Crippen LogP contribution is -2.14. The molecule has 2 aromatic rings. The molecule has 0 aliphatic rings. The summed E-state index contributed by atoms with van der Waals surface area (Å²) < 4.78 is 5.20. The first-order chi connectivity index (χ1) is 9.60. The summed E-state index contributed by atoms with van der Waals surface area (Å²) in [6.07, 6.45) is 0.208. The molecule has 0 bridgehead atoms. The van der Waals surface area contributed by atoms with Gasteiger partial charge >= 0.3 is 0 Å². The number of thioether (sulfide) groups is 1. The highest BCUT2D eigenvalue weighted by atomic mass is 35.5. The third kappa shape index (κ3) is 3.98. The Balaban J connectivity index is 1.96. The van der Waals surface area contributed by atoms with E-state index in [0.717, 1.165) is 4.90 Å². The lowest BCUT2D eigenvalue weighted by Gasteiger charge is -2.11. The number of aliphatic hydroxyl groups is 1. The second-order valence-corrected chi connectivity index (χ2v) is 6.04. The summed E-state index contributed by atoms with van der Waals surface area (Å²) in [6, 6.07) is 7.63. The average molecular weight is 313 g/mol. The summed E-state index contributed by atoms with van der Waals surface area (Å²) in [6.45, 7) is 3.81. The summed E-state index contributed by atoms with van der Waals surface area (Å²) in [5.41, 5.74) is 0. The zero-order valence-corrected chi connectivity index (χ0v) is 13.0. The number of hydrogen-bond donors (Lipinski definition) is 1. The van der Waals surface area contributed by atoms with Crippen molar-refractivity contribution in [3.8, 4) is 0 Å². The van der Waals surface area contributed by atoms with Crippen LogP contribution in [-0.4, -0.2) is 21.4 Å². The molecule has 4 nitrogen and oxygen atoms in total. The molecule has 0 radical (unpaired) electrons. The molecule has 0 aliphatic heterocycles. The van der Waals surface area contributed by atoms with Crippen molar-refractivity contribution in [3.05, 3.63) is 41.0 Å². The van der Waals surface area contributed by atoms with Crippen LogP contribution < -0.4 is 0 Å². The number of rotatable bonds is 6. The van der Waals surface area contributed by atoms with E-state index >= 15 is 0 Å². The molecule has 0 spiro atoms. The van der Waals surface area contributed by atoms with E-state index in [2.05, 4.69) is 10.1 Å². The van der Waals surface area contributed by atoms with Gasteiger partial charge in [0, 0.05) is 9.92 Å². The normalized spacial score (nSPS) is 14.2. The molecule has 0 saturated heterocycles. The summed E-state index contributed by atoms with van der Waals surface area (Å²) >= 11 is 7.53. The van der Waals surface area contributed by atoms with E-state index in [1.807, 2.05) is 38.1 Å². The van der Waals surface area contributed by atoms with E-state index in [-0.39, 0.29) is 5.92 Å². The highest BCUT2D eigenvalue weighted by molar-refractivity contribution is 7.98. The number of hydrogen-bond acceptors (Lipinski definition) is 5. The first kappa shape index (κ1) is 15.4. The molecule has 1 N–H and O–H groups in total. The van der Waals surface area contributed by atoms with E-state index in [4.69, 9.17) is 16.1 Å². The fourth-order valence-electron chi connectivity index (χ4n) is 1.73. The Kier molecular flexibility index (Phi) is 5.46. The van der Waals surface area contributed by atoms with Gasteiger partial charge in [0.25, 0.3) is 0 Å². The van der Waals surface area contributed by atoms with Crippen molar-refractivity contribution in [1.29, 1.82) is 0 Å². The third-order valence-electron chi connectivity index (χ3n) is 3.03. The van der Waals surface area contributed by atoms with Crippen molar-refractivity contribution < 1.29 is 9.63 Å². The van der Waals surface area contributed by atoms with Crippen molar-refractivity contribution >= 4 is 23.4 Å². The molecular weight excluding hydrogens is 296 g/mol. The zero-order chi connectivity index (χ0) is 14.5. The Labute approximate surface area is 127 Å². The van der Waals surface area contributed by atoms with Gasteiger partial charge in [-0.3, -0.25) is 0 Å². The van der Waals surface area contributed by atoms with Gasteiger partial charge in [0.1, 0.15) is 0 Å². The lowest BCUT2D eigenvalue weighted by atomic mass is 10.0. The van der Waals surface area contributed by atoms with Gasteiger partial charge in [0.05, 0.1) is 17.8 Å². The first-order valence-corrected chi connectivity index (χ1v) is 7.85. The van der Waals surface area contributed by atoms with Gasteiger partial charge in [-0.25, -0.2) is 0 Å². The molecule has 108 valence electrons. The van der Waals surface area contributed by atoms with Crippen LogP contribution in [0.4, 0.5) is 0 Å². The van der Waals surface area contributed by atoms with Crippen LogP contribution in [0.15, 0.2) is 33.7 Å². The van der Waals surface area contributed by atoms with Crippen molar-refractivity contribution in [3.63, 3.8) is 0 Å². The molecule has 6 heteroatoms. The minimum atomic E-state index is -0.455. The van der Waals surface area contributed by atoms with Crippen molar-refractivity contribution in [2.24, 2.45) is 0 Å². The molecule has 1 aromatic carbocycles. The maximum absolute atomic E-state index is 9.78. The van der Waals surface area contributed by atoms with Gasteiger partial charge in [-0.2, -0.15) is 4.98 Å². The van der Waals surface area contributed by atoms with Gasteiger partial charge in [-0.1, -0.05) is 36.7 Å². The highest BCUT2D eigenvalue weighted by Crippen LogP contribution is 2.25. The molecule has 1 heterocycles. The maximum atomic E-state index is 9.78. The quantitative estimate of drug-likeness (QED) is 0.820. The molecule has 0 amide bonds.